The molecule has 2 aromatic heterocycles. The predicted octanol–water partition coefficient (Wildman–Crippen LogP) is 0.369. The first-order valence-corrected chi connectivity index (χ1v) is 3.93. The average molecular weight is 200 g/mol. The fourth-order valence-corrected chi connectivity index (χ4v) is 1.53. The third kappa shape index (κ3) is 0.978. The van der Waals surface area contributed by atoms with E-state index in [9.17, 15) is 4.79 Å². The zero-order valence-corrected chi connectivity index (χ0v) is 7.45. The normalized spacial score (nSPS) is 10.8. The first kappa shape index (κ1) is 7.56. The van der Waals surface area contributed by atoms with Gasteiger partial charge in [-0.2, -0.15) is 0 Å². The number of thiol groups is 1. The molecule has 2 aromatic rings. The zero-order valence-electron chi connectivity index (χ0n) is 5.74. The summed E-state index contributed by atoms with van der Waals surface area (Å²) in [5, 5.41) is 6.79. The molecule has 62 valence electrons. The summed E-state index contributed by atoms with van der Waals surface area (Å²) in [7, 11) is 0. The van der Waals surface area contributed by atoms with Gasteiger partial charge in [0.05, 0.1) is 5.03 Å². The highest BCUT2D eigenvalue weighted by molar-refractivity contribution is 7.80. The van der Waals surface area contributed by atoms with Crippen molar-refractivity contribution in [2.24, 2.45) is 0 Å². The van der Waals surface area contributed by atoms with E-state index in [4.69, 9.17) is 12.2 Å². The van der Waals surface area contributed by atoms with E-state index in [0.717, 1.165) is 0 Å². The smallest absolute Gasteiger partial charge is 0.253 e. The Hall–Kier alpha value is -1.08. The molecule has 0 atom stereocenters. The third-order valence-electron chi connectivity index (χ3n) is 1.40. The molecule has 0 bridgehead atoms. The fraction of sp³-hybridized carbons (Fsp3) is 0. The second-order valence-corrected chi connectivity index (χ2v) is 3.02. The molecule has 0 saturated heterocycles. The minimum atomic E-state index is -0.249. The Bertz CT molecular complexity index is 536. The van der Waals surface area contributed by atoms with Gasteiger partial charge in [0.25, 0.3) is 5.56 Å². The summed E-state index contributed by atoms with van der Waals surface area (Å²) in [6.07, 6.45) is 0. The molecular weight excluding hydrogens is 196 g/mol. The Morgan fingerprint density at radius 3 is 3.17 bits per heavy atom. The molecule has 0 fully saturated rings. The van der Waals surface area contributed by atoms with E-state index < -0.39 is 0 Å². The van der Waals surface area contributed by atoms with Crippen LogP contribution in [0.2, 0.25) is 0 Å². The number of hydrogen-bond donors (Lipinski definition) is 3. The van der Waals surface area contributed by atoms with E-state index >= 15 is 0 Å². The maximum atomic E-state index is 10.9. The quantitative estimate of drug-likeness (QED) is 0.327. The van der Waals surface area contributed by atoms with Gasteiger partial charge in [-0.3, -0.25) is 9.78 Å². The van der Waals surface area contributed by atoms with Crippen LogP contribution in [0, 0.1) is 4.77 Å². The van der Waals surface area contributed by atoms with E-state index in [1.807, 2.05) is 0 Å². The van der Waals surface area contributed by atoms with Gasteiger partial charge in [-0.15, -0.1) is 17.7 Å². The highest BCUT2D eigenvalue weighted by Crippen LogP contribution is 2.03. The lowest BCUT2D eigenvalue weighted by Crippen LogP contribution is -2.07. The Labute approximate surface area is 76.9 Å². The molecule has 0 aromatic carbocycles. The molecule has 0 radical (unpaired) electrons. The molecule has 2 rings (SSSR count). The predicted molar refractivity (Wildman–Crippen MR) is 48.2 cm³/mol. The van der Waals surface area contributed by atoms with Gasteiger partial charge < -0.3 is 0 Å². The molecule has 12 heavy (non-hydrogen) atoms. The summed E-state index contributed by atoms with van der Waals surface area (Å²) in [5.41, 5.74) is -0.249. The van der Waals surface area contributed by atoms with Crippen LogP contribution >= 0.6 is 24.8 Å². The van der Waals surface area contributed by atoms with Crippen LogP contribution in [0.1, 0.15) is 0 Å². The number of nitrogens with one attached hydrogen (secondary N) is 2. The van der Waals surface area contributed by atoms with Gasteiger partial charge in [-0.05, 0) is 12.2 Å². The van der Waals surface area contributed by atoms with Gasteiger partial charge in [0, 0.05) is 6.07 Å². The summed E-state index contributed by atoms with van der Waals surface area (Å²) >= 11 is 8.96. The van der Waals surface area contributed by atoms with Crippen molar-refractivity contribution in [1.29, 1.82) is 0 Å². The SMILES string of the molecule is O=c1cc(S)n2c(=S)[nH]nc2[nH]1. The van der Waals surface area contributed by atoms with Crippen molar-refractivity contribution in [2.45, 2.75) is 5.03 Å². The number of fused-ring (bicyclic) bond motifs is 1. The van der Waals surface area contributed by atoms with E-state index in [2.05, 4.69) is 27.8 Å². The number of hydrogen-bond acceptors (Lipinski definition) is 4. The highest BCUT2D eigenvalue weighted by atomic mass is 32.1. The summed E-state index contributed by atoms with van der Waals surface area (Å²) in [6, 6.07) is 1.33. The maximum absolute atomic E-state index is 10.9. The molecule has 7 heteroatoms. The van der Waals surface area contributed by atoms with Crippen molar-refractivity contribution in [3.05, 3.63) is 21.2 Å². The molecule has 0 spiro atoms. The lowest BCUT2D eigenvalue weighted by molar-refractivity contribution is 0.950. The molecule has 0 saturated carbocycles. The summed E-state index contributed by atoms with van der Waals surface area (Å²) < 4.78 is 1.94. The molecule has 0 aliphatic heterocycles. The van der Waals surface area contributed by atoms with Crippen molar-refractivity contribution in [1.82, 2.24) is 19.6 Å². The topological polar surface area (TPSA) is 65.9 Å². The van der Waals surface area contributed by atoms with Crippen LogP contribution in [0.3, 0.4) is 0 Å². The van der Waals surface area contributed by atoms with Crippen LogP contribution in [0.25, 0.3) is 5.78 Å². The third-order valence-corrected chi connectivity index (χ3v) is 2.00. The largest absolute Gasteiger partial charge is 0.291 e. The van der Waals surface area contributed by atoms with Gasteiger partial charge in [0.2, 0.25) is 10.5 Å². The minimum Gasteiger partial charge on any atom is -0.291 e. The Morgan fingerprint density at radius 2 is 2.42 bits per heavy atom. The number of nitrogens with zero attached hydrogens (tertiary/aromatic N) is 2. The van der Waals surface area contributed by atoms with Crippen LogP contribution in [-0.2, 0) is 0 Å². The number of H-pyrrole nitrogens is 2. The second-order valence-electron chi connectivity index (χ2n) is 2.18. The van der Waals surface area contributed by atoms with E-state index in [0.29, 0.717) is 15.6 Å². The number of aromatic amines is 2. The average Bonchev–Trinajstić information content (AvgIpc) is 2.31. The summed E-state index contributed by atoms with van der Waals surface area (Å²) in [6.45, 7) is 0. The standard InChI is InChI=1S/C5H4N4OS2/c10-2-1-3(11)9-4(6-2)7-8-5(9)12/h1,11H,(H,8,12)(H,6,7,10). The number of rotatable bonds is 0. The van der Waals surface area contributed by atoms with Gasteiger partial charge >= 0.3 is 0 Å². The summed E-state index contributed by atoms with van der Waals surface area (Å²) in [4.78, 5) is 13.4. The van der Waals surface area contributed by atoms with Crippen molar-refractivity contribution in [2.75, 3.05) is 0 Å². The maximum Gasteiger partial charge on any atom is 0.253 e. The highest BCUT2D eigenvalue weighted by Gasteiger charge is 2.01. The van der Waals surface area contributed by atoms with Gasteiger partial charge in [0.1, 0.15) is 0 Å². The zero-order chi connectivity index (χ0) is 8.72. The van der Waals surface area contributed by atoms with Crippen molar-refractivity contribution in [3.8, 4) is 0 Å². The number of aromatic nitrogens is 4. The molecule has 0 unspecified atom stereocenters. The van der Waals surface area contributed by atoms with E-state index in [-0.39, 0.29) is 5.56 Å². The lowest BCUT2D eigenvalue weighted by Gasteiger charge is -1.93. The molecule has 0 aliphatic carbocycles. The second kappa shape index (κ2) is 2.46. The molecule has 2 heterocycles. The first-order valence-electron chi connectivity index (χ1n) is 3.08. The van der Waals surface area contributed by atoms with Crippen molar-refractivity contribution >= 4 is 30.6 Å². The van der Waals surface area contributed by atoms with Crippen LogP contribution in [0.15, 0.2) is 15.9 Å². The molecule has 5 nitrogen and oxygen atoms in total. The molecule has 0 amide bonds. The van der Waals surface area contributed by atoms with Gasteiger partial charge in [-0.25, -0.2) is 9.50 Å². The minimum absolute atomic E-state index is 0.249. The first-order chi connectivity index (χ1) is 5.68. The van der Waals surface area contributed by atoms with E-state index in [1.54, 1.807) is 0 Å². The van der Waals surface area contributed by atoms with E-state index in [1.165, 1.54) is 10.5 Å². The molecule has 2 N–H and O–H groups in total. The molecular formula is C5H4N4OS2. The van der Waals surface area contributed by atoms with Crippen LogP contribution in [-0.4, -0.2) is 19.6 Å². The molecule has 0 aliphatic rings. The van der Waals surface area contributed by atoms with Crippen molar-refractivity contribution < 1.29 is 0 Å². The van der Waals surface area contributed by atoms with Crippen LogP contribution in [0.4, 0.5) is 0 Å². The monoisotopic (exact) mass is 200 g/mol. The van der Waals surface area contributed by atoms with Crippen LogP contribution < -0.4 is 5.56 Å². The fourth-order valence-electron chi connectivity index (χ4n) is 0.921. The lowest BCUT2D eigenvalue weighted by atomic mass is 10.6. The Kier molecular flexibility index (Phi) is 1.55. The summed E-state index contributed by atoms with van der Waals surface area (Å²) in [5.74, 6) is 0.373. The van der Waals surface area contributed by atoms with Crippen molar-refractivity contribution in [3.63, 3.8) is 0 Å². The van der Waals surface area contributed by atoms with Gasteiger partial charge in [-0.1, -0.05) is 0 Å². The van der Waals surface area contributed by atoms with Gasteiger partial charge in [0.15, 0.2) is 0 Å². The Morgan fingerprint density at radius 1 is 1.67 bits per heavy atom. The Balaban J connectivity index is 3.13. The van der Waals surface area contributed by atoms with Crippen LogP contribution in [0.5, 0.6) is 0 Å².